The molecule has 0 unspecified atom stereocenters. The first-order valence-electron chi connectivity index (χ1n) is 6.87. The molecule has 1 aromatic heterocycles. The van der Waals surface area contributed by atoms with Crippen molar-refractivity contribution in [2.45, 2.75) is 51.5 Å². The van der Waals surface area contributed by atoms with Crippen LogP contribution >= 0.6 is 0 Å². The van der Waals surface area contributed by atoms with Crippen LogP contribution in [0.1, 0.15) is 51.1 Å². The Kier molecular flexibility index (Phi) is 4.35. The molecule has 0 amide bonds. The average Bonchev–Trinajstić information content (AvgIpc) is 2.39. The van der Waals surface area contributed by atoms with Crippen molar-refractivity contribution in [3.05, 3.63) is 18.1 Å². The predicted molar refractivity (Wildman–Crippen MR) is 73.1 cm³/mol. The Bertz CT molecular complexity index is 440. The maximum absolute atomic E-state index is 10.9. The normalized spacial score (nSPS) is 23.3. The molecule has 1 aromatic rings. The summed E-state index contributed by atoms with van der Waals surface area (Å²) in [6, 6.07) is 2.30. The number of nitrogens with zero attached hydrogens (tertiary/aromatic N) is 2. The number of anilines is 1. The number of nitrogens with one attached hydrogen (secondary N) is 1. The van der Waals surface area contributed by atoms with Gasteiger partial charge in [0.15, 0.2) is 0 Å². The maximum Gasteiger partial charge on any atom is 0.306 e. The zero-order valence-electron chi connectivity index (χ0n) is 11.5. The van der Waals surface area contributed by atoms with Gasteiger partial charge in [-0.15, -0.1) is 0 Å². The van der Waals surface area contributed by atoms with Crippen LogP contribution in [0.5, 0.6) is 0 Å². The highest BCUT2D eigenvalue weighted by molar-refractivity contribution is 5.70. The highest BCUT2D eigenvalue weighted by Crippen LogP contribution is 2.26. The van der Waals surface area contributed by atoms with Crippen LogP contribution < -0.4 is 5.32 Å². The molecule has 0 saturated heterocycles. The average molecular weight is 263 g/mol. The van der Waals surface area contributed by atoms with E-state index in [1.807, 2.05) is 6.07 Å². The summed E-state index contributed by atoms with van der Waals surface area (Å²) in [7, 11) is 0. The fourth-order valence-corrected chi connectivity index (χ4v) is 2.46. The fraction of sp³-hybridized carbons (Fsp3) is 0.643. The molecule has 0 aliphatic heterocycles. The molecule has 0 bridgehead atoms. The molecule has 5 nitrogen and oxygen atoms in total. The molecule has 104 valence electrons. The second-order valence-electron chi connectivity index (χ2n) is 5.51. The molecular weight excluding hydrogens is 242 g/mol. The molecule has 0 atom stereocenters. The number of carbonyl (C=O) groups is 1. The molecule has 0 spiro atoms. The van der Waals surface area contributed by atoms with Crippen LogP contribution in [0.15, 0.2) is 12.4 Å². The minimum atomic E-state index is -0.664. The topological polar surface area (TPSA) is 75.1 Å². The number of aliphatic carboxylic acids is 1. The van der Waals surface area contributed by atoms with Crippen molar-refractivity contribution in [3.63, 3.8) is 0 Å². The fourth-order valence-electron chi connectivity index (χ4n) is 2.46. The van der Waals surface area contributed by atoms with Gasteiger partial charge in [-0.1, -0.05) is 13.8 Å². The third kappa shape index (κ3) is 3.66. The second kappa shape index (κ2) is 5.99. The lowest BCUT2D eigenvalue weighted by Crippen LogP contribution is -2.29. The monoisotopic (exact) mass is 263 g/mol. The van der Waals surface area contributed by atoms with Crippen molar-refractivity contribution in [1.29, 1.82) is 0 Å². The minimum absolute atomic E-state index is 0.172. The summed E-state index contributed by atoms with van der Waals surface area (Å²) in [6.45, 7) is 4.20. The molecule has 2 N–H and O–H groups in total. The van der Waals surface area contributed by atoms with Crippen molar-refractivity contribution in [3.8, 4) is 0 Å². The van der Waals surface area contributed by atoms with Crippen LogP contribution in [0.4, 0.5) is 5.82 Å². The van der Waals surface area contributed by atoms with Gasteiger partial charge in [0.05, 0.1) is 5.92 Å². The van der Waals surface area contributed by atoms with Gasteiger partial charge in [0, 0.05) is 17.8 Å². The molecule has 2 rings (SSSR count). The van der Waals surface area contributed by atoms with Crippen LogP contribution in [0, 0.1) is 5.92 Å². The van der Waals surface area contributed by atoms with Gasteiger partial charge in [0.1, 0.15) is 12.1 Å². The molecule has 0 radical (unpaired) electrons. The summed E-state index contributed by atoms with van der Waals surface area (Å²) in [4.78, 5) is 19.4. The van der Waals surface area contributed by atoms with Crippen molar-refractivity contribution in [2.24, 2.45) is 5.92 Å². The van der Waals surface area contributed by atoms with E-state index in [1.54, 1.807) is 6.33 Å². The van der Waals surface area contributed by atoms with E-state index >= 15 is 0 Å². The first-order chi connectivity index (χ1) is 9.06. The SMILES string of the molecule is CC(C)c1cc(NC2CCC(C(=O)O)CC2)ncn1. The Morgan fingerprint density at radius 2 is 2.00 bits per heavy atom. The number of carboxylic acid groups (broad SMARTS) is 1. The lowest BCUT2D eigenvalue weighted by molar-refractivity contribution is -0.142. The van der Waals surface area contributed by atoms with E-state index in [1.165, 1.54) is 0 Å². The van der Waals surface area contributed by atoms with Gasteiger partial charge in [-0.2, -0.15) is 0 Å². The quantitative estimate of drug-likeness (QED) is 0.873. The van der Waals surface area contributed by atoms with Crippen molar-refractivity contribution >= 4 is 11.8 Å². The molecule has 1 fully saturated rings. The molecular formula is C14H21N3O2. The highest BCUT2D eigenvalue weighted by atomic mass is 16.4. The molecule has 1 heterocycles. The summed E-state index contributed by atoms with van der Waals surface area (Å²) >= 11 is 0. The van der Waals surface area contributed by atoms with Crippen molar-refractivity contribution < 1.29 is 9.90 Å². The Balaban J connectivity index is 1.92. The van der Waals surface area contributed by atoms with E-state index in [0.29, 0.717) is 12.0 Å². The van der Waals surface area contributed by atoms with Crippen LogP contribution in [0.2, 0.25) is 0 Å². The third-order valence-electron chi connectivity index (χ3n) is 3.71. The van der Waals surface area contributed by atoms with E-state index in [2.05, 4.69) is 29.1 Å². The van der Waals surface area contributed by atoms with Gasteiger partial charge < -0.3 is 10.4 Å². The zero-order valence-corrected chi connectivity index (χ0v) is 11.5. The summed E-state index contributed by atoms with van der Waals surface area (Å²) in [5.74, 6) is 0.390. The predicted octanol–water partition coefficient (Wildman–Crippen LogP) is 2.66. The van der Waals surface area contributed by atoms with Crippen LogP contribution in [-0.2, 0) is 4.79 Å². The van der Waals surface area contributed by atoms with Gasteiger partial charge >= 0.3 is 5.97 Å². The Morgan fingerprint density at radius 3 is 2.58 bits per heavy atom. The second-order valence-corrected chi connectivity index (χ2v) is 5.51. The first kappa shape index (κ1) is 13.8. The van der Waals surface area contributed by atoms with Crippen molar-refractivity contribution in [1.82, 2.24) is 9.97 Å². The lowest BCUT2D eigenvalue weighted by Gasteiger charge is -2.27. The minimum Gasteiger partial charge on any atom is -0.481 e. The molecule has 1 aliphatic rings. The Labute approximate surface area is 113 Å². The largest absolute Gasteiger partial charge is 0.481 e. The highest BCUT2D eigenvalue weighted by Gasteiger charge is 2.25. The van der Waals surface area contributed by atoms with Gasteiger partial charge in [0.25, 0.3) is 0 Å². The summed E-state index contributed by atoms with van der Waals surface area (Å²) < 4.78 is 0. The van der Waals surface area contributed by atoms with Gasteiger partial charge in [-0.05, 0) is 31.6 Å². The Hall–Kier alpha value is -1.65. The molecule has 5 heteroatoms. The Morgan fingerprint density at radius 1 is 1.32 bits per heavy atom. The molecule has 1 aliphatic carbocycles. The molecule has 0 aromatic carbocycles. The van der Waals surface area contributed by atoms with Gasteiger partial charge in [-0.25, -0.2) is 9.97 Å². The van der Waals surface area contributed by atoms with E-state index < -0.39 is 5.97 Å². The van der Waals surface area contributed by atoms with Crippen LogP contribution in [0.3, 0.4) is 0 Å². The smallest absolute Gasteiger partial charge is 0.306 e. The number of hydrogen-bond donors (Lipinski definition) is 2. The van der Waals surface area contributed by atoms with Crippen LogP contribution in [-0.4, -0.2) is 27.1 Å². The maximum atomic E-state index is 10.9. The number of hydrogen-bond acceptors (Lipinski definition) is 4. The number of carboxylic acids is 1. The van der Waals surface area contributed by atoms with E-state index in [0.717, 1.165) is 37.2 Å². The first-order valence-corrected chi connectivity index (χ1v) is 6.87. The number of aromatic nitrogens is 2. The molecule has 19 heavy (non-hydrogen) atoms. The number of rotatable bonds is 4. The summed E-state index contributed by atoms with van der Waals surface area (Å²) in [6.07, 6.45) is 4.85. The summed E-state index contributed by atoms with van der Waals surface area (Å²) in [5.41, 5.74) is 1.02. The van der Waals surface area contributed by atoms with Gasteiger partial charge in [0.2, 0.25) is 0 Å². The van der Waals surface area contributed by atoms with Crippen molar-refractivity contribution in [2.75, 3.05) is 5.32 Å². The standard InChI is InChI=1S/C14H21N3O2/c1-9(2)12-7-13(16-8-15-12)17-11-5-3-10(4-6-11)14(18)19/h7-11H,3-6H2,1-2H3,(H,18,19)(H,15,16,17). The van der Waals surface area contributed by atoms with E-state index in [-0.39, 0.29) is 5.92 Å². The van der Waals surface area contributed by atoms with E-state index in [4.69, 9.17) is 5.11 Å². The zero-order chi connectivity index (χ0) is 13.8. The summed E-state index contributed by atoms with van der Waals surface area (Å²) in [5, 5.41) is 12.4. The molecule has 1 saturated carbocycles. The van der Waals surface area contributed by atoms with Gasteiger partial charge in [-0.3, -0.25) is 4.79 Å². The van der Waals surface area contributed by atoms with E-state index in [9.17, 15) is 4.79 Å². The lowest BCUT2D eigenvalue weighted by atomic mass is 9.86. The third-order valence-corrected chi connectivity index (χ3v) is 3.71. The van der Waals surface area contributed by atoms with Crippen LogP contribution in [0.25, 0.3) is 0 Å².